The highest BCUT2D eigenvalue weighted by molar-refractivity contribution is 5.91. The van der Waals surface area contributed by atoms with Crippen LogP contribution in [0.4, 0.5) is 11.8 Å². The first kappa shape index (κ1) is 19.4. The highest BCUT2D eigenvalue weighted by Gasteiger charge is 2.31. The molecule has 160 valence electrons. The van der Waals surface area contributed by atoms with Gasteiger partial charge in [-0.2, -0.15) is 4.98 Å². The fourth-order valence-corrected chi connectivity index (χ4v) is 4.83. The largest absolute Gasteiger partial charge is 0.459 e. The average molecular weight is 410 g/mol. The van der Waals surface area contributed by atoms with Crippen molar-refractivity contribution in [3.63, 3.8) is 0 Å². The second-order valence-electron chi connectivity index (χ2n) is 8.94. The van der Waals surface area contributed by atoms with E-state index in [1.165, 1.54) is 32.1 Å². The predicted octanol–water partition coefficient (Wildman–Crippen LogP) is 3.49. The molecule has 2 fully saturated rings. The van der Waals surface area contributed by atoms with E-state index >= 15 is 0 Å². The zero-order chi connectivity index (χ0) is 20.5. The minimum absolute atomic E-state index is 0.0519. The Morgan fingerprint density at radius 1 is 1.03 bits per heavy atom. The molecule has 0 saturated carbocycles. The van der Waals surface area contributed by atoms with Gasteiger partial charge < -0.3 is 19.1 Å². The number of nitrogens with zero attached hydrogens (tertiary/aromatic N) is 5. The molecule has 2 aromatic rings. The molecule has 5 rings (SSSR count). The number of rotatable bonds is 3. The molecule has 0 radical (unpaired) electrons. The van der Waals surface area contributed by atoms with Crippen molar-refractivity contribution in [2.45, 2.75) is 52.0 Å². The molecular weight excluding hydrogens is 378 g/mol. The van der Waals surface area contributed by atoms with E-state index in [1.807, 2.05) is 4.90 Å². The lowest BCUT2D eigenvalue weighted by Crippen LogP contribution is -2.40. The number of carbonyl (C=O) groups is 1. The quantitative estimate of drug-likeness (QED) is 0.773. The number of anilines is 2. The van der Waals surface area contributed by atoms with Gasteiger partial charge in [-0.05, 0) is 50.2 Å². The number of piperidine rings is 2. The van der Waals surface area contributed by atoms with Crippen LogP contribution in [0.15, 0.2) is 22.8 Å². The Balaban J connectivity index is 1.47. The number of amides is 1. The van der Waals surface area contributed by atoms with Gasteiger partial charge in [0.2, 0.25) is 5.95 Å². The van der Waals surface area contributed by atoms with E-state index in [0.29, 0.717) is 18.8 Å². The molecular formula is C23H31N5O2. The van der Waals surface area contributed by atoms with Crippen molar-refractivity contribution >= 4 is 17.7 Å². The highest BCUT2D eigenvalue weighted by atomic mass is 16.3. The van der Waals surface area contributed by atoms with Crippen molar-refractivity contribution in [2.24, 2.45) is 5.92 Å². The Labute approximate surface area is 178 Å². The summed E-state index contributed by atoms with van der Waals surface area (Å²) >= 11 is 0. The number of aromatic nitrogens is 2. The summed E-state index contributed by atoms with van der Waals surface area (Å²) in [7, 11) is 0. The standard InChI is InChI=1S/C23H31N5O2/c1-17-7-12-26(13-8-17)21-18-16-28(22(29)20-6-5-15-30-20)14-9-19(18)24-23(25-21)27-10-3-2-4-11-27/h5-6,15,17H,2-4,7-14,16H2,1H3. The smallest absolute Gasteiger partial charge is 0.289 e. The molecule has 0 atom stereocenters. The molecule has 0 N–H and O–H groups in total. The normalized spacial score (nSPS) is 20.4. The molecule has 2 aromatic heterocycles. The first-order valence-electron chi connectivity index (χ1n) is 11.4. The molecule has 0 bridgehead atoms. The summed E-state index contributed by atoms with van der Waals surface area (Å²) in [5.74, 6) is 3.04. The summed E-state index contributed by atoms with van der Waals surface area (Å²) in [4.78, 5) is 29.6. The summed E-state index contributed by atoms with van der Waals surface area (Å²) < 4.78 is 5.35. The van der Waals surface area contributed by atoms with Crippen molar-refractivity contribution in [3.05, 3.63) is 35.4 Å². The third-order valence-electron chi connectivity index (χ3n) is 6.77. The van der Waals surface area contributed by atoms with Crippen molar-refractivity contribution in [3.8, 4) is 0 Å². The predicted molar refractivity (Wildman–Crippen MR) is 116 cm³/mol. The average Bonchev–Trinajstić information content (AvgIpc) is 3.34. The summed E-state index contributed by atoms with van der Waals surface area (Å²) in [6, 6.07) is 3.50. The van der Waals surface area contributed by atoms with E-state index in [4.69, 9.17) is 14.4 Å². The topological polar surface area (TPSA) is 65.7 Å². The van der Waals surface area contributed by atoms with Crippen molar-refractivity contribution in [2.75, 3.05) is 42.5 Å². The number of hydrogen-bond donors (Lipinski definition) is 0. The first-order chi connectivity index (χ1) is 14.7. The minimum atomic E-state index is -0.0519. The molecule has 0 aliphatic carbocycles. The molecule has 3 aliphatic rings. The Morgan fingerprint density at radius 3 is 2.57 bits per heavy atom. The second-order valence-corrected chi connectivity index (χ2v) is 8.94. The van der Waals surface area contributed by atoms with Crippen LogP contribution in [-0.4, -0.2) is 53.5 Å². The van der Waals surface area contributed by atoms with Gasteiger partial charge in [-0.25, -0.2) is 4.98 Å². The van der Waals surface area contributed by atoms with Crippen LogP contribution in [0.3, 0.4) is 0 Å². The molecule has 30 heavy (non-hydrogen) atoms. The van der Waals surface area contributed by atoms with Crippen LogP contribution in [0, 0.1) is 5.92 Å². The zero-order valence-electron chi connectivity index (χ0n) is 17.8. The third kappa shape index (κ3) is 3.77. The summed E-state index contributed by atoms with van der Waals surface area (Å²) in [6.07, 6.45) is 8.41. The zero-order valence-corrected chi connectivity index (χ0v) is 17.8. The monoisotopic (exact) mass is 409 g/mol. The fourth-order valence-electron chi connectivity index (χ4n) is 4.83. The first-order valence-corrected chi connectivity index (χ1v) is 11.4. The van der Waals surface area contributed by atoms with Crippen LogP contribution in [0.25, 0.3) is 0 Å². The SMILES string of the molecule is CC1CCN(c2nc(N3CCCCC3)nc3c2CN(C(=O)c2ccco2)CC3)CC1. The molecule has 1 amide bonds. The minimum Gasteiger partial charge on any atom is -0.459 e. The number of furan rings is 1. The molecule has 2 saturated heterocycles. The lowest BCUT2D eigenvalue weighted by molar-refractivity contribution is 0.0701. The van der Waals surface area contributed by atoms with Crippen molar-refractivity contribution in [1.82, 2.24) is 14.9 Å². The van der Waals surface area contributed by atoms with Crippen LogP contribution in [0.1, 0.15) is 60.8 Å². The van der Waals surface area contributed by atoms with E-state index in [-0.39, 0.29) is 5.91 Å². The van der Waals surface area contributed by atoms with Gasteiger partial charge >= 0.3 is 0 Å². The van der Waals surface area contributed by atoms with Gasteiger partial charge in [0.25, 0.3) is 5.91 Å². The van der Waals surface area contributed by atoms with E-state index in [0.717, 1.165) is 61.5 Å². The van der Waals surface area contributed by atoms with Crippen LogP contribution in [0.2, 0.25) is 0 Å². The maximum Gasteiger partial charge on any atom is 0.289 e. The van der Waals surface area contributed by atoms with Gasteiger partial charge in [-0.1, -0.05) is 6.92 Å². The van der Waals surface area contributed by atoms with Crippen LogP contribution in [0.5, 0.6) is 0 Å². The maximum atomic E-state index is 12.9. The van der Waals surface area contributed by atoms with Crippen molar-refractivity contribution in [1.29, 1.82) is 0 Å². The fraction of sp³-hybridized carbons (Fsp3) is 0.609. The van der Waals surface area contributed by atoms with Gasteiger partial charge in [-0.3, -0.25) is 4.79 Å². The van der Waals surface area contributed by atoms with Crippen LogP contribution in [-0.2, 0) is 13.0 Å². The Bertz CT molecular complexity index is 883. The maximum absolute atomic E-state index is 12.9. The van der Waals surface area contributed by atoms with Crippen LogP contribution < -0.4 is 9.80 Å². The molecule has 5 heterocycles. The molecule has 7 nitrogen and oxygen atoms in total. The lowest BCUT2D eigenvalue weighted by atomic mass is 9.98. The highest BCUT2D eigenvalue weighted by Crippen LogP contribution is 2.32. The Hall–Kier alpha value is -2.57. The molecule has 0 spiro atoms. The van der Waals surface area contributed by atoms with E-state index in [1.54, 1.807) is 18.4 Å². The second kappa shape index (κ2) is 8.28. The van der Waals surface area contributed by atoms with E-state index in [9.17, 15) is 4.79 Å². The molecule has 3 aliphatic heterocycles. The number of fused-ring (bicyclic) bond motifs is 1. The third-order valence-corrected chi connectivity index (χ3v) is 6.77. The van der Waals surface area contributed by atoms with Crippen LogP contribution >= 0.6 is 0 Å². The summed E-state index contributed by atoms with van der Waals surface area (Å²) in [6.45, 7) is 7.68. The number of carbonyl (C=O) groups excluding carboxylic acids is 1. The van der Waals surface area contributed by atoms with Gasteiger partial charge in [-0.15, -0.1) is 0 Å². The summed E-state index contributed by atoms with van der Waals surface area (Å²) in [5, 5.41) is 0. The molecule has 0 unspecified atom stereocenters. The van der Waals surface area contributed by atoms with E-state index < -0.39 is 0 Å². The van der Waals surface area contributed by atoms with Gasteiger partial charge in [0.05, 0.1) is 18.5 Å². The lowest BCUT2D eigenvalue weighted by Gasteiger charge is -2.37. The molecule has 7 heteroatoms. The Morgan fingerprint density at radius 2 is 1.83 bits per heavy atom. The van der Waals surface area contributed by atoms with Crippen molar-refractivity contribution < 1.29 is 9.21 Å². The molecule has 0 aromatic carbocycles. The summed E-state index contributed by atoms with van der Waals surface area (Å²) in [5.41, 5.74) is 2.24. The number of hydrogen-bond acceptors (Lipinski definition) is 6. The van der Waals surface area contributed by atoms with Gasteiger partial charge in [0.15, 0.2) is 5.76 Å². The van der Waals surface area contributed by atoms with Gasteiger partial charge in [0, 0.05) is 44.7 Å². The van der Waals surface area contributed by atoms with Gasteiger partial charge in [0.1, 0.15) is 5.82 Å². The Kier molecular flexibility index (Phi) is 5.35. The van der Waals surface area contributed by atoms with E-state index in [2.05, 4.69) is 16.7 Å².